The third-order valence-corrected chi connectivity index (χ3v) is 8.87. The Bertz CT molecular complexity index is 1760. The van der Waals surface area contributed by atoms with Gasteiger partial charge in [0.05, 0.1) is 23.1 Å². The smallest absolute Gasteiger partial charge is 0.321 e. The number of urea groups is 1. The molecule has 3 N–H and O–H groups in total. The molecule has 224 valence electrons. The van der Waals surface area contributed by atoms with E-state index in [2.05, 4.69) is 25.8 Å². The van der Waals surface area contributed by atoms with E-state index in [4.69, 9.17) is 0 Å². The summed E-state index contributed by atoms with van der Waals surface area (Å²) in [6.07, 6.45) is 4.72. The van der Waals surface area contributed by atoms with Crippen LogP contribution < -0.4 is 15.5 Å². The molecule has 10 nitrogen and oxygen atoms in total. The number of hydrogen-bond acceptors (Lipinski definition) is 5. The Morgan fingerprint density at radius 2 is 1.64 bits per heavy atom. The van der Waals surface area contributed by atoms with Crippen LogP contribution in [0.5, 0.6) is 0 Å². The number of hydrogen-bond donors (Lipinski definition) is 3. The normalized spacial score (nSPS) is 21.3. The quantitative estimate of drug-likeness (QED) is 0.311. The number of fused-ring (bicyclic) bond motifs is 6. The largest absolute Gasteiger partial charge is 0.341 e. The van der Waals surface area contributed by atoms with Crippen LogP contribution in [-0.4, -0.2) is 64.5 Å². The summed E-state index contributed by atoms with van der Waals surface area (Å²) in [6, 6.07) is 17.7. The predicted octanol–water partition coefficient (Wildman–Crippen LogP) is 4.68. The zero-order chi connectivity index (χ0) is 30.2. The molecular weight excluding hydrogens is 561 g/mol. The number of amides is 4. The summed E-state index contributed by atoms with van der Waals surface area (Å²) >= 11 is 0. The highest BCUT2D eigenvalue weighted by Gasteiger charge is 2.37. The molecule has 11 heteroatoms. The molecule has 3 aliphatic heterocycles. The number of anilines is 2. The average molecular weight is 594 g/mol. The summed E-state index contributed by atoms with van der Waals surface area (Å²) in [5.41, 5.74) is 2.52. The second-order valence-corrected chi connectivity index (χ2v) is 11.8. The topological polar surface area (TPSA) is 123 Å². The van der Waals surface area contributed by atoms with Crippen molar-refractivity contribution in [2.24, 2.45) is 16.8 Å². The zero-order valence-electron chi connectivity index (χ0n) is 24.0. The second kappa shape index (κ2) is 11.6. The molecule has 0 spiro atoms. The third kappa shape index (κ3) is 5.41. The van der Waals surface area contributed by atoms with Crippen molar-refractivity contribution in [2.45, 2.75) is 31.8 Å². The molecule has 4 amide bonds. The highest BCUT2D eigenvalue weighted by atomic mass is 19.1. The first-order chi connectivity index (χ1) is 21.4. The van der Waals surface area contributed by atoms with Crippen LogP contribution in [0.3, 0.4) is 0 Å². The molecule has 1 aliphatic carbocycles. The Balaban J connectivity index is 1.22. The van der Waals surface area contributed by atoms with E-state index >= 15 is 4.39 Å². The van der Waals surface area contributed by atoms with Crippen molar-refractivity contribution in [3.63, 3.8) is 0 Å². The van der Waals surface area contributed by atoms with Gasteiger partial charge in [0.2, 0.25) is 12.1 Å². The zero-order valence-corrected chi connectivity index (χ0v) is 24.0. The van der Waals surface area contributed by atoms with Crippen molar-refractivity contribution >= 4 is 45.8 Å². The van der Waals surface area contributed by atoms with Gasteiger partial charge >= 0.3 is 6.03 Å². The Morgan fingerprint density at radius 1 is 0.932 bits per heavy atom. The molecule has 0 radical (unpaired) electrons. The number of benzene rings is 3. The molecule has 4 heterocycles. The van der Waals surface area contributed by atoms with E-state index in [0.29, 0.717) is 41.9 Å². The fourth-order valence-corrected chi connectivity index (χ4v) is 6.59. The maximum absolute atomic E-state index is 15.2. The van der Waals surface area contributed by atoms with E-state index in [0.717, 1.165) is 36.6 Å². The lowest BCUT2D eigenvalue weighted by atomic mass is 9.84. The van der Waals surface area contributed by atoms with Crippen molar-refractivity contribution in [1.29, 1.82) is 0 Å². The standard InChI is InChI=1S/C33H32FN7O3/c34-26-7-3-1-5-24(26)30-25-6-2-4-8-28(25)41(19-29(42)40-17-20-9-10-21(18-40)12-11-20)32(43)31(37-30)38-33(44)36-23-14-13-22-16-35-39-27(22)15-23/h1-8,13-16,20-21,31H,9-12,17-19H2,(H,35,39)(H2,36,38,44). The van der Waals surface area contributed by atoms with Gasteiger partial charge in [0.1, 0.15) is 12.4 Å². The van der Waals surface area contributed by atoms with Crippen LogP contribution in [0, 0.1) is 17.7 Å². The molecular formula is C33H32FN7O3. The predicted molar refractivity (Wildman–Crippen MR) is 165 cm³/mol. The van der Waals surface area contributed by atoms with Gasteiger partial charge in [-0.2, -0.15) is 5.10 Å². The Hall–Kier alpha value is -5.06. The number of nitrogens with one attached hydrogen (secondary N) is 3. The third-order valence-electron chi connectivity index (χ3n) is 8.87. The molecule has 3 aromatic carbocycles. The molecule has 8 rings (SSSR count). The molecule has 2 bridgehead atoms. The van der Waals surface area contributed by atoms with Crippen LogP contribution in [0.25, 0.3) is 10.9 Å². The van der Waals surface area contributed by atoms with Crippen LogP contribution in [0.2, 0.25) is 0 Å². The van der Waals surface area contributed by atoms with E-state index in [1.807, 2.05) is 4.90 Å². The number of H-pyrrole nitrogens is 1. The minimum Gasteiger partial charge on any atom is -0.341 e. The van der Waals surface area contributed by atoms with Gasteiger partial charge in [0, 0.05) is 35.3 Å². The Kier molecular flexibility index (Phi) is 7.29. The number of para-hydroxylation sites is 1. The fourth-order valence-electron chi connectivity index (χ4n) is 6.59. The molecule has 1 saturated carbocycles. The minimum absolute atomic E-state index is 0.155. The number of aliphatic imine (C=N–C) groups is 1. The Morgan fingerprint density at radius 3 is 2.39 bits per heavy atom. The number of aromatic amines is 1. The molecule has 4 aliphatic rings. The lowest BCUT2D eigenvalue weighted by Crippen LogP contribution is -2.51. The molecule has 4 aromatic rings. The molecule has 1 atom stereocenters. The summed E-state index contributed by atoms with van der Waals surface area (Å²) in [5.74, 6) is -0.319. The first-order valence-corrected chi connectivity index (χ1v) is 14.9. The number of halogens is 1. The number of nitrogens with zero attached hydrogens (tertiary/aromatic N) is 4. The summed E-state index contributed by atoms with van der Waals surface area (Å²) in [6.45, 7) is 1.15. The van der Waals surface area contributed by atoms with E-state index < -0.39 is 23.9 Å². The number of rotatable bonds is 5. The maximum atomic E-state index is 15.2. The van der Waals surface area contributed by atoms with E-state index in [9.17, 15) is 14.4 Å². The van der Waals surface area contributed by atoms with Crippen molar-refractivity contribution in [3.8, 4) is 0 Å². The van der Waals surface area contributed by atoms with Gasteiger partial charge in [0.25, 0.3) is 5.91 Å². The number of carbonyl (C=O) groups excluding carboxylic acids is 3. The van der Waals surface area contributed by atoms with Gasteiger partial charge < -0.3 is 15.5 Å². The highest BCUT2D eigenvalue weighted by molar-refractivity contribution is 6.21. The SMILES string of the molecule is O=C(Nc1ccc2cn[nH]c2c1)NC1N=C(c2ccccc2F)c2ccccc2N(CC(=O)N2CC3CCC(CC3)C2)C1=O. The summed E-state index contributed by atoms with van der Waals surface area (Å²) in [5, 5.41) is 13.1. The van der Waals surface area contributed by atoms with Gasteiger partial charge in [0.15, 0.2) is 0 Å². The summed E-state index contributed by atoms with van der Waals surface area (Å²) < 4.78 is 15.2. The molecule has 2 saturated heterocycles. The van der Waals surface area contributed by atoms with Crippen LogP contribution in [0.1, 0.15) is 36.8 Å². The van der Waals surface area contributed by atoms with Crippen molar-refractivity contribution < 1.29 is 18.8 Å². The van der Waals surface area contributed by atoms with E-state index in [1.54, 1.807) is 66.9 Å². The maximum Gasteiger partial charge on any atom is 0.321 e. The second-order valence-electron chi connectivity index (χ2n) is 11.8. The number of carbonyl (C=O) groups is 3. The van der Waals surface area contributed by atoms with E-state index in [1.165, 1.54) is 11.0 Å². The summed E-state index contributed by atoms with van der Waals surface area (Å²) in [4.78, 5) is 49.2. The fraction of sp³-hybridized carbons (Fsp3) is 0.303. The molecule has 1 aromatic heterocycles. The number of aromatic nitrogens is 2. The highest BCUT2D eigenvalue weighted by Crippen LogP contribution is 2.34. The average Bonchev–Trinajstić information content (AvgIpc) is 3.22. The Labute approximate surface area is 253 Å². The summed E-state index contributed by atoms with van der Waals surface area (Å²) in [7, 11) is 0. The lowest BCUT2D eigenvalue weighted by Gasteiger charge is -2.29. The van der Waals surface area contributed by atoms with Gasteiger partial charge in [-0.15, -0.1) is 0 Å². The van der Waals surface area contributed by atoms with Crippen molar-refractivity contribution in [1.82, 2.24) is 20.4 Å². The first kappa shape index (κ1) is 27.8. The monoisotopic (exact) mass is 593 g/mol. The van der Waals surface area contributed by atoms with Gasteiger partial charge in [-0.1, -0.05) is 30.3 Å². The van der Waals surface area contributed by atoms with Crippen molar-refractivity contribution in [3.05, 3.63) is 89.9 Å². The van der Waals surface area contributed by atoms with Crippen LogP contribution in [0.4, 0.5) is 20.6 Å². The molecule has 1 unspecified atom stereocenters. The van der Waals surface area contributed by atoms with E-state index in [-0.39, 0.29) is 23.7 Å². The van der Waals surface area contributed by atoms with Crippen LogP contribution in [-0.2, 0) is 9.59 Å². The van der Waals surface area contributed by atoms with Crippen LogP contribution >= 0.6 is 0 Å². The first-order valence-electron chi connectivity index (χ1n) is 14.9. The molecule has 44 heavy (non-hydrogen) atoms. The van der Waals surface area contributed by atoms with Gasteiger partial charge in [-0.25, -0.2) is 14.2 Å². The molecule has 3 fully saturated rings. The van der Waals surface area contributed by atoms with Crippen molar-refractivity contribution in [2.75, 3.05) is 29.9 Å². The number of benzodiazepines with no additional fused rings is 1. The minimum atomic E-state index is -1.43. The van der Waals surface area contributed by atoms with Gasteiger partial charge in [-0.05, 0) is 73.9 Å². The van der Waals surface area contributed by atoms with Crippen LogP contribution in [0.15, 0.2) is 77.9 Å². The van der Waals surface area contributed by atoms with Gasteiger partial charge in [-0.3, -0.25) is 19.6 Å². The lowest BCUT2D eigenvalue weighted by molar-refractivity contribution is -0.132.